The van der Waals surface area contributed by atoms with Crippen LogP contribution in [0.5, 0.6) is 0 Å². The fourth-order valence-corrected chi connectivity index (χ4v) is 1.54. The minimum Gasteiger partial charge on any atom is -0.338 e. The van der Waals surface area contributed by atoms with Gasteiger partial charge in [0.05, 0.1) is 0 Å². The lowest BCUT2D eigenvalue weighted by atomic mass is 10.1. The van der Waals surface area contributed by atoms with Crippen molar-refractivity contribution in [2.75, 3.05) is 6.54 Å². The number of benzene rings is 1. The summed E-state index contributed by atoms with van der Waals surface area (Å²) in [5.41, 5.74) is 1.49. The first kappa shape index (κ1) is 14.5. The van der Waals surface area contributed by atoms with Crippen molar-refractivity contribution in [1.29, 1.82) is 0 Å². The molecule has 18 heavy (non-hydrogen) atoms. The molecule has 0 aromatic heterocycles. The molecular formula is C14H21FN2O. The van der Waals surface area contributed by atoms with Crippen molar-refractivity contribution < 1.29 is 9.18 Å². The van der Waals surface area contributed by atoms with Gasteiger partial charge in [-0.3, -0.25) is 0 Å². The molecule has 4 heteroatoms. The Kier molecular flexibility index (Phi) is 5.62. The zero-order valence-electron chi connectivity index (χ0n) is 11.2. The monoisotopic (exact) mass is 252 g/mol. The van der Waals surface area contributed by atoms with E-state index in [1.165, 1.54) is 6.07 Å². The molecular weight excluding hydrogens is 231 g/mol. The van der Waals surface area contributed by atoms with Crippen LogP contribution in [-0.2, 0) is 6.54 Å². The van der Waals surface area contributed by atoms with Gasteiger partial charge in [0.2, 0.25) is 0 Å². The molecule has 0 saturated heterocycles. The number of halogens is 1. The number of hydrogen-bond donors (Lipinski definition) is 2. The normalized spacial score (nSPS) is 10.5. The summed E-state index contributed by atoms with van der Waals surface area (Å²) in [6, 6.07) is 4.65. The van der Waals surface area contributed by atoms with E-state index in [0.29, 0.717) is 24.6 Å². The Balaban J connectivity index is 2.31. The Morgan fingerprint density at radius 1 is 1.33 bits per heavy atom. The van der Waals surface area contributed by atoms with Crippen molar-refractivity contribution in [1.82, 2.24) is 10.6 Å². The molecule has 0 bridgehead atoms. The summed E-state index contributed by atoms with van der Waals surface area (Å²) in [6.45, 7) is 7.02. The van der Waals surface area contributed by atoms with Crippen molar-refractivity contribution in [2.24, 2.45) is 5.92 Å². The molecule has 100 valence electrons. The fraction of sp³-hybridized carbons (Fsp3) is 0.500. The third kappa shape index (κ3) is 5.17. The SMILES string of the molecule is Cc1cc(CNC(=O)NCCC(C)C)ccc1F. The van der Waals surface area contributed by atoms with Crippen molar-refractivity contribution >= 4 is 6.03 Å². The van der Waals surface area contributed by atoms with E-state index in [4.69, 9.17) is 0 Å². The minimum atomic E-state index is -0.222. The van der Waals surface area contributed by atoms with Gasteiger partial charge in [-0.15, -0.1) is 0 Å². The number of carbonyl (C=O) groups excluding carboxylic acids is 1. The lowest BCUT2D eigenvalue weighted by Gasteiger charge is -2.09. The van der Waals surface area contributed by atoms with Crippen molar-refractivity contribution in [3.8, 4) is 0 Å². The highest BCUT2D eigenvalue weighted by molar-refractivity contribution is 5.73. The molecule has 0 aliphatic heterocycles. The molecule has 0 fully saturated rings. The maximum absolute atomic E-state index is 13.0. The first-order valence-electron chi connectivity index (χ1n) is 6.25. The first-order chi connectivity index (χ1) is 8.49. The summed E-state index contributed by atoms with van der Waals surface area (Å²) in [5, 5.41) is 5.53. The van der Waals surface area contributed by atoms with Gasteiger partial charge in [0.1, 0.15) is 5.82 Å². The standard InChI is InChI=1S/C14H21FN2O/c1-10(2)6-7-16-14(18)17-9-12-4-5-13(15)11(3)8-12/h4-5,8,10H,6-7,9H2,1-3H3,(H2,16,17,18). The summed E-state index contributed by atoms with van der Waals surface area (Å²) >= 11 is 0. The molecule has 1 rings (SSSR count). The van der Waals surface area contributed by atoms with Gasteiger partial charge in [0, 0.05) is 13.1 Å². The van der Waals surface area contributed by atoms with Crippen LogP contribution < -0.4 is 10.6 Å². The number of hydrogen-bond acceptors (Lipinski definition) is 1. The van der Waals surface area contributed by atoms with E-state index in [9.17, 15) is 9.18 Å². The molecule has 2 amide bonds. The number of urea groups is 1. The molecule has 1 aromatic rings. The molecule has 0 radical (unpaired) electrons. The first-order valence-corrected chi connectivity index (χ1v) is 6.25. The van der Waals surface area contributed by atoms with E-state index in [1.807, 2.05) is 0 Å². The van der Waals surface area contributed by atoms with Crippen LogP contribution in [0, 0.1) is 18.7 Å². The van der Waals surface area contributed by atoms with Crippen LogP contribution in [0.1, 0.15) is 31.4 Å². The second-order valence-corrected chi connectivity index (χ2v) is 4.88. The minimum absolute atomic E-state index is 0.183. The largest absolute Gasteiger partial charge is 0.338 e. The summed E-state index contributed by atoms with van der Waals surface area (Å²) in [5.74, 6) is 0.352. The van der Waals surface area contributed by atoms with Gasteiger partial charge in [0.25, 0.3) is 0 Å². The maximum Gasteiger partial charge on any atom is 0.315 e. The van der Waals surface area contributed by atoms with Crippen molar-refractivity contribution in [3.63, 3.8) is 0 Å². The van der Waals surface area contributed by atoms with Crippen molar-refractivity contribution in [3.05, 3.63) is 35.1 Å². The molecule has 0 aliphatic rings. The summed E-state index contributed by atoms with van der Waals surface area (Å²) in [6.07, 6.45) is 0.961. The fourth-order valence-electron chi connectivity index (χ4n) is 1.54. The number of aryl methyl sites for hydroxylation is 1. The van der Waals surface area contributed by atoms with Gasteiger partial charge in [-0.1, -0.05) is 26.0 Å². The zero-order valence-corrected chi connectivity index (χ0v) is 11.2. The summed E-state index contributed by atoms with van der Waals surface area (Å²) < 4.78 is 13.0. The maximum atomic E-state index is 13.0. The number of nitrogens with one attached hydrogen (secondary N) is 2. The van der Waals surface area contributed by atoms with Crippen LogP contribution in [0.15, 0.2) is 18.2 Å². The molecule has 1 aromatic carbocycles. The molecule has 0 spiro atoms. The molecule has 0 heterocycles. The Morgan fingerprint density at radius 2 is 2.06 bits per heavy atom. The van der Waals surface area contributed by atoms with E-state index in [1.54, 1.807) is 19.1 Å². The zero-order chi connectivity index (χ0) is 13.5. The van der Waals surface area contributed by atoms with Gasteiger partial charge >= 0.3 is 6.03 Å². The van der Waals surface area contributed by atoms with E-state index in [0.717, 1.165) is 12.0 Å². The van der Waals surface area contributed by atoms with E-state index in [2.05, 4.69) is 24.5 Å². The average Bonchev–Trinajstić information content (AvgIpc) is 2.30. The molecule has 3 nitrogen and oxygen atoms in total. The highest BCUT2D eigenvalue weighted by atomic mass is 19.1. The molecule has 2 N–H and O–H groups in total. The Hall–Kier alpha value is -1.58. The second kappa shape index (κ2) is 6.99. The number of carbonyl (C=O) groups is 1. The van der Waals surface area contributed by atoms with E-state index >= 15 is 0 Å². The number of amides is 2. The van der Waals surface area contributed by atoms with Crippen LogP contribution in [-0.4, -0.2) is 12.6 Å². The van der Waals surface area contributed by atoms with E-state index in [-0.39, 0.29) is 11.8 Å². The van der Waals surface area contributed by atoms with Crippen LogP contribution in [0.2, 0.25) is 0 Å². The van der Waals surface area contributed by atoms with Crippen molar-refractivity contribution in [2.45, 2.75) is 33.7 Å². The van der Waals surface area contributed by atoms with Crippen LogP contribution >= 0.6 is 0 Å². The second-order valence-electron chi connectivity index (χ2n) is 4.88. The quantitative estimate of drug-likeness (QED) is 0.831. The third-order valence-corrected chi connectivity index (χ3v) is 2.68. The molecule has 0 saturated carbocycles. The lowest BCUT2D eigenvalue weighted by Crippen LogP contribution is -2.35. The van der Waals surface area contributed by atoms with E-state index < -0.39 is 0 Å². The molecule has 0 unspecified atom stereocenters. The molecule has 0 atom stereocenters. The summed E-state index contributed by atoms with van der Waals surface area (Å²) in [7, 11) is 0. The number of rotatable bonds is 5. The van der Waals surface area contributed by atoms with Gasteiger partial charge < -0.3 is 10.6 Å². The average molecular weight is 252 g/mol. The smallest absolute Gasteiger partial charge is 0.315 e. The third-order valence-electron chi connectivity index (χ3n) is 2.68. The summed E-state index contributed by atoms with van der Waals surface area (Å²) in [4.78, 5) is 11.5. The Labute approximate surface area is 108 Å². The van der Waals surface area contributed by atoms with Crippen LogP contribution in [0.3, 0.4) is 0 Å². The Morgan fingerprint density at radius 3 is 2.67 bits per heavy atom. The molecule has 0 aliphatic carbocycles. The predicted octanol–water partition coefficient (Wildman–Crippen LogP) is 2.98. The lowest BCUT2D eigenvalue weighted by molar-refractivity contribution is 0.240. The highest BCUT2D eigenvalue weighted by Crippen LogP contribution is 2.08. The topological polar surface area (TPSA) is 41.1 Å². The highest BCUT2D eigenvalue weighted by Gasteiger charge is 2.02. The van der Waals surface area contributed by atoms with Crippen LogP contribution in [0.4, 0.5) is 9.18 Å². The van der Waals surface area contributed by atoms with Crippen LogP contribution in [0.25, 0.3) is 0 Å². The van der Waals surface area contributed by atoms with Gasteiger partial charge in [-0.25, -0.2) is 9.18 Å². The Bertz CT molecular complexity index is 405. The van der Waals surface area contributed by atoms with Gasteiger partial charge in [-0.2, -0.15) is 0 Å². The van der Waals surface area contributed by atoms with Gasteiger partial charge in [-0.05, 0) is 36.5 Å². The van der Waals surface area contributed by atoms with Gasteiger partial charge in [0.15, 0.2) is 0 Å². The predicted molar refractivity (Wildman–Crippen MR) is 70.8 cm³/mol.